The third kappa shape index (κ3) is 6.59. The zero-order chi connectivity index (χ0) is 21.3. The molecule has 0 unspecified atom stereocenters. The van der Waals surface area contributed by atoms with Crippen LogP contribution in [0.1, 0.15) is 30.1 Å². The van der Waals surface area contributed by atoms with Crippen LogP contribution in [0.4, 0.5) is 11.4 Å². The van der Waals surface area contributed by atoms with Gasteiger partial charge in [0, 0.05) is 24.9 Å². The first-order chi connectivity index (χ1) is 14.5. The summed E-state index contributed by atoms with van der Waals surface area (Å²) in [5.74, 6) is -0.669. The lowest BCUT2D eigenvalue weighted by molar-refractivity contribution is -0.119. The van der Waals surface area contributed by atoms with Gasteiger partial charge < -0.3 is 24.8 Å². The first kappa shape index (κ1) is 21.3. The average Bonchev–Trinajstić information content (AvgIpc) is 3.24. The van der Waals surface area contributed by atoms with E-state index in [0.717, 1.165) is 19.4 Å². The van der Waals surface area contributed by atoms with Gasteiger partial charge in [-0.2, -0.15) is 0 Å². The molecule has 1 heterocycles. The molecule has 0 saturated carbocycles. The second-order valence-corrected chi connectivity index (χ2v) is 6.86. The largest absolute Gasteiger partial charge is 0.491 e. The van der Waals surface area contributed by atoms with Crippen molar-refractivity contribution in [2.24, 2.45) is 0 Å². The second-order valence-electron chi connectivity index (χ2n) is 6.86. The fourth-order valence-electron chi connectivity index (χ4n) is 2.94. The summed E-state index contributed by atoms with van der Waals surface area (Å²) in [6, 6.07) is 13.2. The molecule has 3 rings (SSSR count). The fourth-order valence-corrected chi connectivity index (χ4v) is 2.94. The summed E-state index contributed by atoms with van der Waals surface area (Å²) < 4.78 is 16.2. The molecule has 30 heavy (non-hydrogen) atoms. The summed E-state index contributed by atoms with van der Waals surface area (Å²) >= 11 is 0. The van der Waals surface area contributed by atoms with Gasteiger partial charge in [-0.25, -0.2) is 4.79 Å². The van der Waals surface area contributed by atoms with Crippen LogP contribution in [0.2, 0.25) is 0 Å². The van der Waals surface area contributed by atoms with E-state index in [-0.39, 0.29) is 12.0 Å². The first-order valence-electron chi connectivity index (χ1n) is 9.69. The van der Waals surface area contributed by atoms with Crippen LogP contribution in [0.5, 0.6) is 5.75 Å². The van der Waals surface area contributed by atoms with Gasteiger partial charge in [0.25, 0.3) is 5.91 Å². The van der Waals surface area contributed by atoms with E-state index in [1.165, 1.54) is 6.92 Å². The van der Waals surface area contributed by atoms with E-state index in [1.54, 1.807) is 48.5 Å². The maximum atomic E-state index is 12.1. The van der Waals surface area contributed by atoms with Crippen molar-refractivity contribution in [1.82, 2.24) is 0 Å². The van der Waals surface area contributed by atoms with Gasteiger partial charge in [-0.15, -0.1) is 0 Å². The zero-order valence-corrected chi connectivity index (χ0v) is 16.7. The van der Waals surface area contributed by atoms with E-state index in [9.17, 15) is 14.4 Å². The van der Waals surface area contributed by atoms with Gasteiger partial charge in [0.05, 0.1) is 11.7 Å². The predicted molar refractivity (Wildman–Crippen MR) is 111 cm³/mol. The molecular formula is C22H24N2O6. The Bertz CT molecular complexity index is 891. The van der Waals surface area contributed by atoms with E-state index in [2.05, 4.69) is 10.6 Å². The number of anilines is 2. The van der Waals surface area contributed by atoms with Crippen LogP contribution in [-0.2, 0) is 19.1 Å². The molecule has 158 valence electrons. The van der Waals surface area contributed by atoms with E-state index >= 15 is 0 Å². The highest BCUT2D eigenvalue weighted by Crippen LogP contribution is 2.17. The lowest BCUT2D eigenvalue weighted by Gasteiger charge is -2.11. The van der Waals surface area contributed by atoms with Crippen molar-refractivity contribution < 1.29 is 28.6 Å². The highest BCUT2D eigenvalue weighted by molar-refractivity contribution is 5.96. The predicted octanol–water partition coefficient (Wildman–Crippen LogP) is 3.00. The molecule has 0 spiro atoms. The Morgan fingerprint density at radius 3 is 2.47 bits per heavy atom. The molecule has 8 heteroatoms. The van der Waals surface area contributed by atoms with Gasteiger partial charge in [0.1, 0.15) is 12.4 Å². The molecular weight excluding hydrogens is 388 g/mol. The summed E-state index contributed by atoms with van der Waals surface area (Å²) in [5.41, 5.74) is 1.36. The molecule has 2 amide bonds. The minimum Gasteiger partial charge on any atom is -0.491 e. The van der Waals surface area contributed by atoms with Crippen LogP contribution in [0.3, 0.4) is 0 Å². The molecule has 0 radical (unpaired) electrons. The monoisotopic (exact) mass is 412 g/mol. The Labute approximate surface area is 174 Å². The average molecular weight is 412 g/mol. The standard InChI is InChI=1S/C22H24N2O6/c1-15(25)23-17-4-2-5-18(12-17)24-21(26)14-30-22(27)16-7-9-19(10-8-16)29-13-20-6-3-11-28-20/h2,4-5,7-10,12,20H,3,6,11,13-14H2,1H3,(H,23,25)(H,24,26)/t20-/m1/s1. The van der Waals surface area contributed by atoms with Crippen LogP contribution < -0.4 is 15.4 Å². The van der Waals surface area contributed by atoms with Crippen molar-refractivity contribution in [3.63, 3.8) is 0 Å². The Morgan fingerprint density at radius 1 is 1.07 bits per heavy atom. The van der Waals surface area contributed by atoms with Crippen molar-refractivity contribution in [3.8, 4) is 5.75 Å². The quantitative estimate of drug-likeness (QED) is 0.646. The van der Waals surface area contributed by atoms with E-state index in [0.29, 0.717) is 29.3 Å². The zero-order valence-electron chi connectivity index (χ0n) is 16.7. The number of esters is 1. The van der Waals surface area contributed by atoms with Crippen molar-refractivity contribution in [2.75, 3.05) is 30.5 Å². The van der Waals surface area contributed by atoms with Crippen LogP contribution in [0.25, 0.3) is 0 Å². The topological polar surface area (TPSA) is 103 Å². The maximum absolute atomic E-state index is 12.1. The molecule has 8 nitrogen and oxygen atoms in total. The smallest absolute Gasteiger partial charge is 0.338 e. The summed E-state index contributed by atoms with van der Waals surface area (Å²) in [5, 5.41) is 5.24. The van der Waals surface area contributed by atoms with Gasteiger partial charge in [0.15, 0.2) is 6.61 Å². The number of rotatable bonds is 8. The summed E-state index contributed by atoms with van der Waals surface area (Å²) in [7, 11) is 0. The van der Waals surface area contributed by atoms with E-state index in [1.807, 2.05) is 0 Å². The summed E-state index contributed by atoms with van der Waals surface area (Å²) in [6.07, 6.45) is 2.16. The first-order valence-corrected chi connectivity index (χ1v) is 9.69. The van der Waals surface area contributed by atoms with Crippen molar-refractivity contribution in [1.29, 1.82) is 0 Å². The number of nitrogens with one attached hydrogen (secondary N) is 2. The van der Waals surface area contributed by atoms with Gasteiger partial charge in [0.2, 0.25) is 5.91 Å². The van der Waals surface area contributed by atoms with Crippen LogP contribution in [-0.4, -0.2) is 43.7 Å². The molecule has 2 aromatic rings. The van der Waals surface area contributed by atoms with Gasteiger partial charge >= 0.3 is 5.97 Å². The lowest BCUT2D eigenvalue weighted by Crippen LogP contribution is -2.21. The van der Waals surface area contributed by atoms with E-state index in [4.69, 9.17) is 14.2 Å². The van der Waals surface area contributed by atoms with Gasteiger partial charge in [-0.3, -0.25) is 9.59 Å². The van der Waals surface area contributed by atoms with Crippen molar-refractivity contribution in [2.45, 2.75) is 25.9 Å². The summed E-state index contributed by atoms with van der Waals surface area (Å²) in [6.45, 7) is 2.22. The van der Waals surface area contributed by atoms with Crippen LogP contribution in [0.15, 0.2) is 48.5 Å². The van der Waals surface area contributed by atoms with Crippen LogP contribution in [0, 0.1) is 0 Å². The van der Waals surface area contributed by atoms with Crippen LogP contribution >= 0.6 is 0 Å². The fraction of sp³-hybridized carbons (Fsp3) is 0.318. The molecule has 1 aliphatic heterocycles. The van der Waals surface area contributed by atoms with Crippen molar-refractivity contribution >= 4 is 29.2 Å². The molecule has 1 aliphatic rings. The Kier molecular flexibility index (Phi) is 7.40. The summed E-state index contributed by atoms with van der Waals surface area (Å²) in [4.78, 5) is 35.3. The normalized spacial score (nSPS) is 15.3. The third-order valence-electron chi connectivity index (χ3n) is 4.35. The van der Waals surface area contributed by atoms with Gasteiger partial charge in [-0.05, 0) is 55.3 Å². The number of ether oxygens (including phenoxy) is 3. The number of hydrogen-bond donors (Lipinski definition) is 2. The molecule has 2 N–H and O–H groups in total. The molecule has 1 atom stereocenters. The molecule has 0 aliphatic carbocycles. The minimum absolute atomic E-state index is 0.118. The second kappa shape index (κ2) is 10.4. The van der Waals surface area contributed by atoms with Gasteiger partial charge in [-0.1, -0.05) is 6.07 Å². The molecule has 1 fully saturated rings. The molecule has 2 aromatic carbocycles. The highest BCUT2D eigenvalue weighted by atomic mass is 16.5. The lowest BCUT2D eigenvalue weighted by atomic mass is 10.2. The molecule has 0 aromatic heterocycles. The molecule has 1 saturated heterocycles. The SMILES string of the molecule is CC(=O)Nc1cccc(NC(=O)COC(=O)c2ccc(OC[C@H]3CCCO3)cc2)c1. The maximum Gasteiger partial charge on any atom is 0.338 e. The van der Waals surface area contributed by atoms with Crippen molar-refractivity contribution in [3.05, 3.63) is 54.1 Å². The number of amides is 2. The molecule has 0 bridgehead atoms. The number of carbonyl (C=O) groups is 3. The Balaban J connectivity index is 1.44. The highest BCUT2D eigenvalue weighted by Gasteiger charge is 2.16. The van der Waals surface area contributed by atoms with E-state index < -0.39 is 18.5 Å². The number of hydrogen-bond acceptors (Lipinski definition) is 6. The number of carbonyl (C=O) groups excluding carboxylic acids is 3. The number of benzene rings is 2. The Hall–Kier alpha value is -3.39. The third-order valence-corrected chi connectivity index (χ3v) is 4.35. The minimum atomic E-state index is -0.608. The Morgan fingerprint density at radius 2 is 1.80 bits per heavy atom.